The number of nitrogens with zero attached hydrogens (tertiary/aromatic N) is 2. The van der Waals surface area contributed by atoms with Crippen molar-refractivity contribution >= 4 is 6.01 Å². The maximum absolute atomic E-state index is 5.01. The minimum atomic E-state index is 0.561. The van der Waals surface area contributed by atoms with Crippen LogP contribution < -0.4 is 5.32 Å². The molecule has 0 aliphatic heterocycles. The third-order valence-corrected chi connectivity index (χ3v) is 3.11. The number of aryl methyl sites for hydroxylation is 1. The van der Waals surface area contributed by atoms with Crippen molar-refractivity contribution in [1.82, 2.24) is 10.1 Å². The molecule has 2 rings (SSSR count). The number of hydrogen-bond acceptors (Lipinski definition) is 4. The Kier molecular flexibility index (Phi) is 3.23. The van der Waals surface area contributed by atoms with Crippen molar-refractivity contribution in [2.75, 3.05) is 11.9 Å². The van der Waals surface area contributed by atoms with Crippen molar-refractivity contribution < 1.29 is 4.52 Å². The molecule has 0 aromatic carbocycles. The Hall–Kier alpha value is -1.06. The lowest BCUT2D eigenvalue weighted by Crippen LogP contribution is -2.21. The van der Waals surface area contributed by atoms with Crippen LogP contribution in [-0.2, 0) is 0 Å². The Bertz CT molecular complexity index is 311. The van der Waals surface area contributed by atoms with Crippen LogP contribution in [0.1, 0.15) is 38.4 Å². The predicted molar refractivity (Wildman–Crippen MR) is 58.6 cm³/mol. The molecule has 0 spiro atoms. The highest BCUT2D eigenvalue weighted by Crippen LogP contribution is 2.28. The van der Waals surface area contributed by atoms with E-state index in [-0.39, 0.29) is 0 Å². The SMILES string of the molecule is Cc1noc(NCC2CCCC(C)C2)n1. The van der Waals surface area contributed by atoms with Gasteiger partial charge in [0.2, 0.25) is 0 Å². The van der Waals surface area contributed by atoms with Crippen LogP contribution in [0.5, 0.6) is 0 Å². The van der Waals surface area contributed by atoms with Gasteiger partial charge in [0.05, 0.1) is 0 Å². The Morgan fingerprint density at radius 1 is 1.47 bits per heavy atom. The molecule has 1 heterocycles. The topological polar surface area (TPSA) is 51.0 Å². The fourth-order valence-electron chi connectivity index (χ4n) is 2.35. The Morgan fingerprint density at radius 2 is 2.33 bits per heavy atom. The lowest BCUT2D eigenvalue weighted by atomic mass is 9.82. The zero-order chi connectivity index (χ0) is 10.7. The summed E-state index contributed by atoms with van der Waals surface area (Å²) in [4.78, 5) is 4.13. The summed E-state index contributed by atoms with van der Waals surface area (Å²) in [7, 11) is 0. The molecule has 2 unspecified atom stereocenters. The van der Waals surface area contributed by atoms with Crippen LogP contribution in [-0.4, -0.2) is 16.7 Å². The first-order valence-electron chi connectivity index (χ1n) is 5.78. The van der Waals surface area contributed by atoms with Gasteiger partial charge in [0.15, 0.2) is 5.82 Å². The van der Waals surface area contributed by atoms with Crippen molar-refractivity contribution in [3.8, 4) is 0 Å². The number of aromatic nitrogens is 2. The summed E-state index contributed by atoms with van der Waals surface area (Å²) >= 11 is 0. The molecule has 84 valence electrons. The van der Waals surface area contributed by atoms with E-state index in [1.807, 2.05) is 6.92 Å². The van der Waals surface area contributed by atoms with Crippen LogP contribution >= 0.6 is 0 Å². The van der Waals surface area contributed by atoms with Gasteiger partial charge in [0, 0.05) is 6.54 Å². The molecule has 0 bridgehead atoms. The number of anilines is 1. The fraction of sp³-hybridized carbons (Fsp3) is 0.818. The normalized spacial score (nSPS) is 26.5. The Labute approximate surface area is 90.4 Å². The van der Waals surface area contributed by atoms with Gasteiger partial charge in [0.1, 0.15) is 0 Å². The van der Waals surface area contributed by atoms with Gasteiger partial charge in [0.25, 0.3) is 0 Å². The number of rotatable bonds is 3. The fourth-order valence-corrected chi connectivity index (χ4v) is 2.35. The second kappa shape index (κ2) is 4.64. The van der Waals surface area contributed by atoms with Crippen molar-refractivity contribution in [2.24, 2.45) is 11.8 Å². The molecule has 1 N–H and O–H groups in total. The minimum Gasteiger partial charge on any atom is -0.337 e. The summed E-state index contributed by atoms with van der Waals surface area (Å²) in [5.74, 6) is 2.32. The summed E-state index contributed by atoms with van der Waals surface area (Å²) in [5, 5.41) is 6.96. The van der Waals surface area contributed by atoms with Crippen molar-refractivity contribution in [1.29, 1.82) is 0 Å². The van der Waals surface area contributed by atoms with E-state index < -0.39 is 0 Å². The standard InChI is InChI=1S/C11H19N3O/c1-8-4-3-5-10(6-8)7-12-11-13-9(2)14-15-11/h8,10H,3-7H2,1-2H3,(H,12,13,14). The van der Waals surface area contributed by atoms with Crippen molar-refractivity contribution in [2.45, 2.75) is 39.5 Å². The lowest BCUT2D eigenvalue weighted by Gasteiger charge is -2.26. The molecule has 1 aromatic heterocycles. The smallest absolute Gasteiger partial charge is 0.321 e. The summed E-state index contributed by atoms with van der Waals surface area (Å²) in [6.45, 7) is 5.13. The minimum absolute atomic E-state index is 0.561. The molecule has 0 saturated heterocycles. The first-order valence-corrected chi connectivity index (χ1v) is 5.78. The van der Waals surface area contributed by atoms with Gasteiger partial charge >= 0.3 is 6.01 Å². The monoisotopic (exact) mass is 209 g/mol. The van der Waals surface area contributed by atoms with Crippen molar-refractivity contribution in [3.63, 3.8) is 0 Å². The molecule has 1 saturated carbocycles. The average molecular weight is 209 g/mol. The van der Waals surface area contributed by atoms with Gasteiger partial charge in [-0.1, -0.05) is 24.9 Å². The van der Waals surface area contributed by atoms with Crippen LogP contribution in [0.2, 0.25) is 0 Å². The molecular weight excluding hydrogens is 190 g/mol. The van der Waals surface area contributed by atoms with E-state index >= 15 is 0 Å². The highest BCUT2D eigenvalue weighted by Gasteiger charge is 2.19. The second-order valence-corrected chi connectivity index (χ2v) is 4.67. The van der Waals surface area contributed by atoms with E-state index in [0.29, 0.717) is 11.8 Å². The van der Waals surface area contributed by atoms with Gasteiger partial charge in [-0.2, -0.15) is 4.98 Å². The zero-order valence-electron chi connectivity index (χ0n) is 9.49. The van der Waals surface area contributed by atoms with E-state index in [2.05, 4.69) is 22.4 Å². The molecule has 15 heavy (non-hydrogen) atoms. The number of nitrogens with one attached hydrogen (secondary N) is 1. The Balaban J connectivity index is 1.77. The maximum Gasteiger partial charge on any atom is 0.321 e. The quantitative estimate of drug-likeness (QED) is 0.831. The third kappa shape index (κ3) is 2.94. The van der Waals surface area contributed by atoms with Gasteiger partial charge < -0.3 is 9.84 Å². The highest BCUT2D eigenvalue weighted by molar-refractivity contribution is 5.17. The second-order valence-electron chi connectivity index (χ2n) is 4.67. The summed E-state index contributed by atoms with van der Waals surface area (Å²) in [6.07, 6.45) is 5.39. The molecule has 2 atom stereocenters. The van der Waals surface area contributed by atoms with Crippen LogP contribution in [0.3, 0.4) is 0 Å². The van der Waals surface area contributed by atoms with Gasteiger partial charge in [-0.3, -0.25) is 0 Å². The molecule has 1 fully saturated rings. The molecule has 4 nitrogen and oxygen atoms in total. The highest BCUT2D eigenvalue weighted by atomic mass is 16.5. The first-order chi connectivity index (χ1) is 7.24. The lowest BCUT2D eigenvalue weighted by molar-refractivity contribution is 0.291. The molecule has 1 aromatic rings. The van der Waals surface area contributed by atoms with Crippen LogP contribution in [0.4, 0.5) is 6.01 Å². The van der Waals surface area contributed by atoms with Gasteiger partial charge in [-0.25, -0.2) is 0 Å². The summed E-state index contributed by atoms with van der Waals surface area (Å²) in [5.41, 5.74) is 0. The molecular formula is C11H19N3O. The van der Waals surface area contributed by atoms with E-state index in [1.165, 1.54) is 25.7 Å². The largest absolute Gasteiger partial charge is 0.337 e. The van der Waals surface area contributed by atoms with Crippen LogP contribution in [0.25, 0.3) is 0 Å². The Morgan fingerprint density at radius 3 is 3.00 bits per heavy atom. The molecule has 4 heteroatoms. The summed E-state index contributed by atoms with van der Waals surface area (Å²) in [6, 6.07) is 0.561. The van der Waals surface area contributed by atoms with E-state index in [0.717, 1.165) is 18.4 Å². The van der Waals surface area contributed by atoms with Crippen LogP contribution in [0, 0.1) is 18.8 Å². The molecule has 0 radical (unpaired) electrons. The maximum atomic E-state index is 5.01. The number of hydrogen-bond donors (Lipinski definition) is 1. The third-order valence-electron chi connectivity index (χ3n) is 3.11. The van der Waals surface area contributed by atoms with E-state index in [9.17, 15) is 0 Å². The van der Waals surface area contributed by atoms with E-state index in [1.54, 1.807) is 0 Å². The average Bonchev–Trinajstić information content (AvgIpc) is 2.62. The molecule has 0 amide bonds. The molecule has 1 aliphatic rings. The predicted octanol–water partition coefficient (Wildman–Crippen LogP) is 2.62. The summed E-state index contributed by atoms with van der Waals surface area (Å²) < 4.78 is 5.01. The zero-order valence-corrected chi connectivity index (χ0v) is 9.49. The molecule has 1 aliphatic carbocycles. The van der Waals surface area contributed by atoms with E-state index in [4.69, 9.17) is 4.52 Å². The van der Waals surface area contributed by atoms with Gasteiger partial charge in [-0.05, 0) is 31.6 Å². The van der Waals surface area contributed by atoms with Crippen molar-refractivity contribution in [3.05, 3.63) is 5.82 Å². The van der Waals surface area contributed by atoms with Gasteiger partial charge in [-0.15, -0.1) is 0 Å². The first kappa shape index (κ1) is 10.5. The van der Waals surface area contributed by atoms with Crippen LogP contribution in [0.15, 0.2) is 4.52 Å².